The largest absolute Gasteiger partial charge is 0.478 e. The van der Waals surface area contributed by atoms with Crippen LogP contribution in [0.4, 0.5) is 0 Å². The number of hydrogen-bond donors (Lipinski definition) is 1. The van der Waals surface area contributed by atoms with Crippen molar-refractivity contribution in [2.75, 3.05) is 0 Å². The molecule has 38 heavy (non-hydrogen) atoms. The van der Waals surface area contributed by atoms with Crippen LogP contribution in [0.2, 0.25) is 0 Å². The summed E-state index contributed by atoms with van der Waals surface area (Å²) in [6.07, 6.45) is 6.28. The van der Waals surface area contributed by atoms with Gasteiger partial charge >= 0.3 is 5.97 Å². The first-order valence-corrected chi connectivity index (χ1v) is 13.3. The number of carbonyl (C=O) groups excluding carboxylic acids is 1. The molecular formula is C33H33NO4. The molecule has 3 aromatic carbocycles. The van der Waals surface area contributed by atoms with Gasteiger partial charge in [-0.2, -0.15) is 0 Å². The zero-order chi connectivity index (χ0) is 26.9. The van der Waals surface area contributed by atoms with Crippen LogP contribution >= 0.6 is 0 Å². The highest BCUT2D eigenvalue weighted by Crippen LogP contribution is 2.37. The summed E-state index contributed by atoms with van der Waals surface area (Å²) < 4.78 is 5.83. The number of aromatic nitrogens is 1. The van der Waals surface area contributed by atoms with Crippen LogP contribution in [0.1, 0.15) is 96.2 Å². The Labute approximate surface area is 223 Å². The summed E-state index contributed by atoms with van der Waals surface area (Å²) in [5.41, 5.74) is 5.34. The molecule has 0 atom stereocenters. The van der Waals surface area contributed by atoms with Crippen molar-refractivity contribution in [1.29, 1.82) is 0 Å². The van der Waals surface area contributed by atoms with Crippen molar-refractivity contribution in [3.63, 3.8) is 0 Å². The summed E-state index contributed by atoms with van der Waals surface area (Å²) in [6.45, 7) is 6.41. The molecule has 0 spiro atoms. The van der Waals surface area contributed by atoms with E-state index in [1.165, 1.54) is 49.8 Å². The molecule has 0 radical (unpaired) electrons. The number of hydrogen-bond acceptors (Lipinski definition) is 4. The smallest absolute Gasteiger partial charge is 0.335 e. The lowest BCUT2D eigenvalue weighted by Gasteiger charge is -2.22. The Hall–Kier alpha value is -3.99. The quantitative estimate of drug-likeness (QED) is 0.266. The van der Waals surface area contributed by atoms with E-state index in [0.717, 1.165) is 11.1 Å². The second kappa shape index (κ2) is 10.4. The topological polar surface area (TPSA) is 80.4 Å². The molecule has 4 aromatic rings. The molecule has 1 heterocycles. The zero-order valence-electron chi connectivity index (χ0n) is 22.2. The van der Waals surface area contributed by atoms with Gasteiger partial charge in [0, 0.05) is 16.7 Å². The van der Waals surface area contributed by atoms with Crippen molar-refractivity contribution in [2.45, 2.75) is 64.2 Å². The normalized spacial score (nSPS) is 14.4. The molecule has 0 unspecified atom stereocenters. The van der Waals surface area contributed by atoms with Crippen LogP contribution < -0.4 is 0 Å². The van der Waals surface area contributed by atoms with E-state index in [4.69, 9.17) is 4.52 Å². The van der Waals surface area contributed by atoms with Crippen LogP contribution in [0, 0.1) is 0 Å². The third-order valence-electron chi connectivity index (χ3n) is 7.59. The molecule has 1 aliphatic rings. The molecule has 0 saturated heterocycles. The number of benzene rings is 3. The molecule has 5 rings (SSSR count). The van der Waals surface area contributed by atoms with Crippen LogP contribution in [-0.2, 0) is 5.41 Å². The molecule has 1 fully saturated rings. The molecule has 1 saturated carbocycles. The van der Waals surface area contributed by atoms with E-state index in [-0.39, 0.29) is 16.8 Å². The van der Waals surface area contributed by atoms with Gasteiger partial charge in [-0.05, 0) is 47.4 Å². The van der Waals surface area contributed by atoms with Crippen LogP contribution in [0.25, 0.3) is 22.6 Å². The number of rotatable bonds is 6. The van der Waals surface area contributed by atoms with Gasteiger partial charge in [0.2, 0.25) is 0 Å². The molecule has 1 N–H and O–H groups in total. The monoisotopic (exact) mass is 507 g/mol. The molecule has 0 bridgehead atoms. The van der Waals surface area contributed by atoms with Crippen molar-refractivity contribution in [3.8, 4) is 22.6 Å². The number of nitrogens with zero attached hydrogens (tertiary/aromatic N) is 1. The highest BCUT2D eigenvalue weighted by molar-refractivity contribution is 6.15. The van der Waals surface area contributed by atoms with E-state index >= 15 is 0 Å². The highest BCUT2D eigenvalue weighted by Gasteiger charge is 2.27. The predicted molar refractivity (Wildman–Crippen MR) is 149 cm³/mol. The van der Waals surface area contributed by atoms with Crippen molar-refractivity contribution in [3.05, 3.63) is 101 Å². The lowest BCUT2D eigenvalue weighted by molar-refractivity contribution is 0.0696. The summed E-state index contributed by atoms with van der Waals surface area (Å²) in [4.78, 5) is 25.3. The molecule has 1 aliphatic carbocycles. The molecule has 1 aromatic heterocycles. The molecule has 0 aliphatic heterocycles. The molecule has 5 heteroatoms. The number of ketones is 1. The number of aromatic carboxylic acids is 1. The minimum atomic E-state index is -1.01. The molecule has 0 amide bonds. The van der Waals surface area contributed by atoms with Crippen molar-refractivity contribution in [1.82, 2.24) is 5.16 Å². The van der Waals surface area contributed by atoms with Crippen molar-refractivity contribution >= 4 is 11.8 Å². The van der Waals surface area contributed by atoms with E-state index in [0.29, 0.717) is 34.1 Å². The second-order valence-electron chi connectivity index (χ2n) is 11.2. The third kappa shape index (κ3) is 5.19. The zero-order valence-corrected chi connectivity index (χ0v) is 22.2. The predicted octanol–water partition coefficient (Wildman–Crippen LogP) is 8.28. The van der Waals surface area contributed by atoms with Gasteiger partial charge in [0.25, 0.3) is 0 Å². The lowest BCUT2D eigenvalue weighted by atomic mass is 9.83. The summed E-state index contributed by atoms with van der Waals surface area (Å²) in [5, 5.41) is 13.6. The molecule has 194 valence electrons. The molecule has 5 nitrogen and oxygen atoms in total. The Bertz CT molecular complexity index is 1430. The van der Waals surface area contributed by atoms with Crippen LogP contribution in [0.5, 0.6) is 0 Å². The first-order valence-electron chi connectivity index (χ1n) is 13.3. The van der Waals surface area contributed by atoms with Gasteiger partial charge in [0.15, 0.2) is 11.5 Å². The van der Waals surface area contributed by atoms with E-state index in [1.54, 1.807) is 12.1 Å². The Morgan fingerprint density at radius 3 is 1.95 bits per heavy atom. The summed E-state index contributed by atoms with van der Waals surface area (Å²) >= 11 is 0. The maximum absolute atomic E-state index is 14.0. The third-order valence-corrected chi connectivity index (χ3v) is 7.59. The Morgan fingerprint density at radius 2 is 1.37 bits per heavy atom. The fourth-order valence-corrected chi connectivity index (χ4v) is 5.27. The second-order valence-corrected chi connectivity index (χ2v) is 11.2. The number of carboxylic acids is 1. The average molecular weight is 508 g/mol. The van der Waals surface area contributed by atoms with Gasteiger partial charge in [-0.3, -0.25) is 4.79 Å². The fourth-order valence-electron chi connectivity index (χ4n) is 5.27. The average Bonchev–Trinajstić information content (AvgIpc) is 3.38. The highest BCUT2D eigenvalue weighted by atomic mass is 16.5. The number of carbonyl (C=O) groups is 2. The first kappa shape index (κ1) is 25.7. The van der Waals surface area contributed by atoms with Crippen molar-refractivity contribution < 1.29 is 19.2 Å². The first-order chi connectivity index (χ1) is 18.2. The maximum Gasteiger partial charge on any atom is 0.335 e. The fraction of sp³-hybridized carbons (Fsp3) is 0.303. The minimum Gasteiger partial charge on any atom is -0.478 e. The number of carboxylic acid groups (broad SMARTS) is 1. The van der Waals surface area contributed by atoms with Gasteiger partial charge in [0.05, 0.1) is 11.1 Å². The summed E-state index contributed by atoms with van der Waals surface area (Å²) in [7, 11) is 0. The standard InChI is InChI=1S/C33H33NO4/c1-33(2,3)27-19-17-24(18-20-27)30(35)28-29(23-11-15-26(16-12-23)32(36)37)34-38-31(28)25-13-9-22(10-14-25)21-7-5-4-6-8-21/h9-21H,4-8H2,1-3H3,(H,36,37). The van der Waals surface area contributed by atoms with Gasteiger partial charge in [-0.25, -0.2) is 4.79 Å². The van der Waals surface area contributed by atoms with Gasteiger partial charge in [0.1, 0.15) is 5.69 Å². The van der Waals surface area contributed by atoms with Crippen LogP contribution in [0.3, 0.4) is 0 Å². The summed E-state index contributed by atoms with van der Waals surface area (Å²) in [5.74, 6) is -0.193. The summed E-state index contributed by atoms with van der Waals surface area (Å²) in [6, 6.07) is 22.3. The van der Waals surface area contributed by atoms with Gasteiger partial charge in [-0.1, -0.05) is 106 Å². The van der Waals surface area contributed by atoms with Crippen LogP contribution in [0.15, 0.2) is 77.3 Å². The van der Waals surface area contributed by atoms with E-state index in [1.807, 2.05) is 36.4 Å². The maximum atomic E-state index is 14.0. The van der Waals surface area contributed by atoms with Gasteiger partial charge in [-0.15, -0.1) is 0 Å². The van der Waals surface area contributed by atoms with E-state index < -0.39 is 5.97 Å². The van der Waals surface area contributed by atoms with Crippen molar-refractivity contribution in [2.24, 2.45) is 0 Å². The Kier molecular flexibility index (Phi) is 7.02. The lowest BCUT2D eigenvalue weighted by Crippen LogP contribution is -2.11. The van der Waals surface area contributed by atoms with E-state index in [2.05, 4.69) is 38.1 Å². The van der Waals surface area contributed by atoms with Gasteiger partial charge < -0.3 is 9.63 Å². The van der Waals surface area contributed by atoms with E-state index in [9.17, 15) is 14.7 Å². The van der Waals surface area contributed by atoms with Crippen LogP contribution in [-0.4, -0.2) is 22.0 Å². The minimum absolute atomic E-state index is 0.0267. The Morgan fingerprint density at radius 1 is 0.789 bits per heavy atom. The SMILES string of the molecule is CC(C)(C)c1ccc(C(=O)c2c(-c3ccc(C(=O)O)cc3)noc2-c2ccc(C3CCCCC3)cc2)cc1. The Balaban J connectivity index is 1.56. The molecular weight excluding hydrogens is 474 g/mol.